The molecule has 0 saturated heterocycles. The molecule has 0 radical (unpaired) electrons. The molecular weight excluding hydrogens is 188 g/mol. The summed E-state index contributed by atoms with van der Waals surface area (Å²) in [5, 5.41) is 8.35. The lowest BCUT2D eigenvalue weighted by molar-refractivity contribution is -0.153. The van der Waals surface area contributed by atoms with Crippen molar-refractivity contribution >= 4 is 17.7 Å². The number of rotatable bonds is 4. The maximum Gasteiger partial charge on any atom is 0.319 e. The zero-order valence-corrected chi connectivity index (χ0v) is 9.48. The minimum atomic E-state index is -0.425. The van der Waals surface area contributed by atoms with E-state index in [1.807, 2.05) is 20.8 Å². The number of esters is 1. The molecule has 0 aromatic carbocycles. The number of hydrogen-bond acceptors (Lipinski definition) is 4. The number of carbonyl (C=O) groups is 1. The Balaban J connectivity index is 3.83. The topological polar surface area (TPSA) is 46.5 Å². The smallest absolute Gasteiger partial charge is 0.319 e. The minimum absolute atomic E-state index is 0.0950. The first-order valence-electron chi connectivity index (χ1n) is 4.32. The molecule has 1 N–H and O–H groups in total. The van der Waals surface area contributed by atoms with E-state index >= 15 is 0 Å². The molecule has 0 aliphatic heterocycles. The van der Waals surface area contributed by atoms with Crippen molar-refractivity contribution in [3.63, 3.8) is 0 Å². The SMILES string of the molecule is CC(SCCO)C(=O)OC(C)(C)C. The summed E-state index contributed by atoms with van der Waals surface area (Å²) in [4.78, 5) is 11.3. The van der Waals surface area contributed by atoms with Crippen molar-refractivity contribution in [2.24, 2.45) is 0 Å². The summed E-state index contributed by atoms with van der Waals surface area (Å²) in [6, 6.07) is 0. The third kappa shape index (κ3) is 6.90. The van der Waals surface area contributed by atoms with Crippen LogP contribution in [0.15, 0.2) is 0 Å². The van der Waals surface area contributed by atoms with E-state index in [1.165, 1.54) is 11.8 Å². The fourth-order valence-corrected chi connectivity index (χ4v) is 1.33. The van der Waals surface area contributed by atoms with Crippen LogP contribution in [0.4, 0.5) is 0 Å². The summed E-state index contributed by atoms with van der Waals surface area (Å²) in [5.41, 5.74) is -0.425. The molecule has 1 atom stereocenters. The standard InChI is InChI=1S/C9H18O3S/c1-7(13-6-5-10)8(11)12-9(2,3)4/h7,10H,5-6H2,1-4H3. The Morgan fingerprint density at radius 1 is 1.54 bits per heavy atom. The Hall–Kier alpha value is -0.220. The van der Waals surface area contributed by atoms with Gasteiger partial charge in [0.1, 0.15) is 5.60 Å². The van der Waals surface area contributed by atoms with Gasteiger partial charge in [0, 0.05) is 5.75 Å². The van der Waals surface area contributed by atoms with Gasteiger partial charge in [0.15, 0.2) is 0 Å². The van der Waals surface area contributed by atoms with Crippen LogP contribution < -0.4 is 0 Å². The molecule has 78 valence electrons. The lowest BCUT2D eigenvalue weighted by Crippen LogP contribution is -2.29. The first-order chi connectivity index (χ1) is 5.87. The van der Waals surface area contributed by atoms with Crippen molar-refractivity contribution in [1.29, 1.82) is 0 Å². The molecule has 4 heteroatoms. The Kier molecular flexibility index (Phi) is 5.40. The summed E-state index contributed by atoms with van der Waals surface area (Å²) in [6.07, 6.45) is 0. The average Bonchev–Trinajstić information content (AvgIpc) is 1.96. The minimum Gasteiger partial charge on any atom is -0.459 e. The number of hydrogen-bond donors (Lipinski definition) is 1. The number of thioether (sulfide) groups is 1. The molecule has 0 fully saturated rings. The molecule has 0 amide bonds. The molecule has 0 aliphatic rings. The molecule has 1 unspecified atom stereocenters. The second-order valence-corrected chi connectivity index (χ2v) is 5.22. The maximum atomic E-state index is 11.3. The Morgan fingerprint density at radius 2 is 2.08 bits per heavy atom. The van der Waals surface area contributed by atoms with Gasteiger partial charge in [-0.1, -0.05) is 0 Å². The zero-order chi connectivity index (χ0) is 10.5. The largest absolute Gasteiger partial charge is 0.459 e. The molecular formula is C9H18O3S. The number of ether oxygens (including phenoxy) is 1. The van der Waals surface area contributed by atoms with Crippen LogP contribution in [0, 0.1) is 0 Å². The number of carbonyl (C=O) groups excluding carboxylic acids is 1. The van der Waals surface area contributed by atoms with E-state index in [-0.39, 0.29) is 17.8 Å². The third-order valence-corrected chi connectivity index (χ3v) is 2.31. The number of aliphatic hydroxyl groups is 1. The molecule has 0 rings (SSSR count). The van der Waals surface area contributed by atoms with Gasteiger partial charge >= 0.3 is 5.97 Å². The van der Waals surface area contributed by atoms with E-state index in [0.29, 0.717) is 5.75 Å². The van der Waals surface area contributed by atoms with Crippen molar-refractivity contribution in [2.45, 2.75) is 38.5 Å². The van der Waals surface area contributed by atoms with Gasteiger partial charge in [0.05, 0.1) is 11.9 Å². The fourth-order valence-electron chi connectivity index (χ4n) is 0.682. The van der Waals surface area contributed by atoms with Crippen LogP contribution in [0.1, 0.15) is 27.7 Å². The van der Waals surface area contributed by atoms with E-state index in [9.17, 15) is 4.79 Å². The van der Waals surface area contributed by atoms with Crippen LogP contribution in [0.5, 0.6) is 0 Å². The van der Waals surface area contributed by atoms with Crippen LogP contribution >= 0.6 is 11.8 Å². The van der Waals surface area contributed by atoms with E-state index < -0.39 is 5.60 Å². The van der Waals surface area contributed by atoms with Crippen LogP contribution in [0.25, 0.3) is 0 Å². The predicted molar refractivity (Wildman–Crippen MR) is 54.9 cm³/mol. The van der Waals surface area contributed by atoms with Crippen molar-refractivity contribution in [2.75, 3.05) is 12.4 Å². The molecule has 0 bridgehead atoms. The highest BCUT2D eigenvalue weighted by atomic mass is 32.2. The van der Waals surface area contributed by atoms with Crippen molar-refractivity contribution in [3.8, 4) is 0 Å². The van der Waals surface area contributed by atoms with Gasteiger partial charge < -0.3 is 9.84 Å². The first-order valence-corrected chi connectivity index (χ1v) is 5.37. The molecule has 3 nitrogen and oxygen atoms in total. The lowest BCUT2D eigenvalue weighted by atomic mass is 10.2. The van der Waals surface area contributed by atoms with E-state index in [4.69, 9.17) is 9.84 Å². The Bertz CT molecular complexity index is 163. The van der Waals surface area contributed by atoms with Crippen molar-refractivity contribution in [1.82, 2.24) is 0 Å². The van der Waals surface area contributed by atoms with E-state index in [2.05, 4.69) is 0 Å². The Labute approximate surface area is 83.9 Å². The lowest BCUT2D eigenvalue weighted by Gasteiger charge is -2.21. The van der Waals surface area contributed by atoms with Crippen molar-refractivity contribution in [3.05, 3.63) is 0 Å². The van der Waals surface area contributed by atoms with Crippen LogP contribution in [-0.2, 0) is 9.53 Å². The monoisotopic (exact) mass is 206 g/mol. The molecule has 0 aromatic rings. The van der Waals surface area contributed by atoms with Gasteiger partial charge in [0.25, 0.3) is 0 Å². The summed E-state index contributed by atoms with van der Waals surface area (Å²) in [6.45, 7) is 7.41. The van der Waals surface area contributed by atoms with Gasteiger partial charge in [-0.05, 0) is 27.7 Å². The highest BCUT2D eigenvalue weighted by Gasteiger charge is 2.21. The normalized spacial score (nSPS) is 13.9. The fraction of sp³-hybridized carbons (Fsp3) is 0.889. The van der Waals surface area contributed by atoms with E-state index in [1.54, 1.807) is 6.92 Å². The molecule has 0 spiro atoms. The van der Waals surface area contributed by atoms with Gasteiger partial charge in [0.2, 0.25) is 0 Å². The molecule has 0 saturated carbocycles. The van der Waals surface area contributed by atoms with Crippen LogP contribution in [0.2, 0.25) is 0 Å². The Morgan fingerprint density at radius 3 is 2.46 bits per heavy atom. The maximum absolute atomic E-state index is 11.3. The molecule has 0 aromatic heterocycles. The van der Waals surface area contributed by atoms with E-state index in [0.717, 1.165) is 0 Å². The number of aliphatic hydroxyl groups excluding tert-OH is 1. The third-order valence-electron chi connectivity index (χ3n) is 1.20. The average molecular weight is 206 g/mol. The molecule has 13 heavy (non-hydrogen) atoms. The summed E-state index contributed by atoms with van der Waals surface area (Å²) in [5.74, 6) is 0.353. The second kappa shape index (κ2) is 5.50. The zero-order valence-electron chi connectivity index (χ0n) is 8.66. The predicted octanol–water partition coefficient (Wildman–Crippen LogP) is 1.44. The summed E-state index contributed by atoms with van der Waals surface area (Å²) in [7, 11) is 0. The van der Waals surface area contributed by atoms with Gasteiger partial charge in [-0.15, -0.1) is 11.8 Å². The van der Waals surface area contributed by atoms with Gasteiger partial charge in [-0.2, -0.15) is 0 Å². The second-order valence-electron chi connectivity index (χ2n) is 3.77. The first kappa shape index (κ1) is 12.8. The molecule has 0 heterocycles. The van der Waals surface area contributed by atoms with Crippen molar-refractivity contribution < 1.29 is 14.6 Å². The molecule has 0 aliphatic carbocycles. The van der Waals surface area contributed by atoms with Gasteiger partial charge in [-0.3, -0.25) is 4.79 Å². The van der Waals surface area contributed by atoms with Crippen LogP contribution in [-0.4, -0.2) is 34.3 Å². The summed E-state index contributed by atoms with van der Waals surface area (Å²) < 4.78 is 5.16. The quantitative estimate of drug-likeness (QED) is 0.707. The van der Waals surface area contributed by atoms with Gasteiger partial charge in [-0.25, -0.2) is 0 Å². The highest BCUT2D eigenvalue weighted by molar-refractivity contribution is 8.00. The summed E-state index contributed by atoms with van der Waals surface area (Å²) >= 11 is 1.40. The van der Waals surface area contributed by atoms with Crippen LogP contribution in [0.3, 0.4) is 0 Å². The highest BCUT2D eigenvalue weighted by Crippen LogP contribution is 2.15.